The SMILES string of the molecule is Cc1nn(-c2ccccc2)cc1C(=O)N1CCN(C)c2ccccc21. The highest BCUT2D eigenvalue weighted by Crippen LogP contribution is 2.33. The summed E-state index contributed by atoms with van der Waals surface area (Å²) in [6, 6.07) is 17.9. The molecule has 5 nitrogen and oxygen atoms in total. The zero-order chi connectivity index (χ0) is 17.4. The summed E-state index contributed by atoms with van der Waals surface area (Å²) in [5.74, 6) is 0.000214. The number of rotatable bonds is 2. The minimum absolute atomic E-state index is 0.000214. The van der Waals surface area contributed by atoms with Gasteiger partial charge in [0.2, 0.25) is 0 Å². The molecule has 0 aliphatic carbocycles. The van der Waals surface area contributed by atoms with Crippen molar-refractivity contribution in [3.63, 3.8) is 0 Å². The average molecular weight is 332 g/mol. The number of amides is 1. The van der Waals surface area contributed by atoms with Crippen molar-refractivity contribution in [1.82, 2.24) is 9.78 Å². The van der Waals surface area contributed by atoms with Gasteiger partial charge in [0.05, 0.1) is 28.3 Å². The Kier molecular flexibility index (Phi) is 3.76. The Morgan fingerprint density at radius 2 is 1.64 bits per heavy atom. The van der Waals surface area contributed by atoms with Crippen molar-refractivity contribution in [2.75, 3.05) is 29.9 Å². The quantitative estimate of drug-likeness (QED) is 0.723. The number of hydrogen-bond acceptors (Lipinski definition) is 3. The molecule has 1 aliphatic heterocycles. The molecule has 126 valence electrons. The second kappa shape index (κ2) is 6.09. The molecule has 5 heteroatoms. The Labute approximate surface area is 147 Å². The lowest BCUT2D eigenvalue weighted by Crippen LogP contribution is -2.42. The zero-order valence-corrected chi connectivity index (χ0v) is 14.4. The van der Waals surface area contributed by atoms with Crippen LogP contribution in [0.5, 0.6) is 0 Å². The van der Waals surface area contributed by atoms with Gasteiger partial charge in [0.15, 0.2) is 0 Å². The van der Waals surface area contributed by atoms with E-state index in [2.05, 4.69) is 23.1 Å². The van der Waals surface area contributed by atoms with E-state index in [9.17, 15) is 4.79 Å². The van der Waals surface area contributed by atoms with Crippen LogP contribution in [0.1, 0.15) is 16.1 Å². The predicted octanol–water partition coefficient (Wildman–Crippen LogP) is 3.28. The van der Waals surface area contributed by atoms with Crippen molar-refractivity contribution in [3.05, 3.63) is 72.1 Å². The highest BCUT2D eigenvalue weighted by molar-refractivity contribution is 6.08. The Bertz CT molecular complexity index is 916. The molecule has 2 aromatic carbocycles. The van der Waals surface area contributed by atoms with E-state index in [0.29, 0.717) is 12.1 Å². The van der Waals surface area contributed by atoms with Crippen LogP contribution < -0.4 is 9.80 Å². The van der Waals surface area contributed by atoms with Gasteiger partial charge in [0, 0.05) is 26.3 Å². The number of hydrogen-bond donors (Lipinski definition) is 0. The molecular weight excluding hydrogens is 312 g/mol. The van der Waals surface area contributed by atoms with E-state index in [1.165, 1.54) is 0 Å². The summed E-state index contributed by atoms with van der Waals surface area (Å²) in [6.07, 6.45) is 1.83. The number of carbonyl (C=O) groups is 1. The predicted molar refractivity (Wildman–Crippen MR) is 99.7 cm³/mol. The number of likely N-dealkylation sites (N-methyl/N-ethyl adjacent to an activating group) is 1. The molecule has 0 radical (unpaired) electrons. The molecule has 1 aromatic heterocycles. The van der Waals surface area contributed by atoms with Crippen LogP contribution in [0.25, 0.3) is 5.69 Å². The number of anilines is 2. The third kappa shape index (κ3) is 2.67. The normalized spacial score (nSPS) is 13.7. The lowest BCUT2D eigenvalue weighted by Gasteiger charge is -2.35. The van der Waals surface area contributed by atoms with Gasteiger partial charge in [-0.25, -0.2) is 4.68 Å². The fraction of sp³-hybridized carbons (Fsp3) is 0.200. The maximum atomic E-state index is 13.2. The van der Waals surface area contributed by atoms with Crippen molar-refractivity contribution >= 4 is 17.3 Å². The van der Waals surface area contributed by atoms with Crippen LogP contribution >= 0.6 is 0 Å². The first-order chi connectivity index (χ1) is 12.1. The summed E-state index contributed by atoms with van der Waals surface area (Å²) in [4.78, 5) is 17.2. The number of aryl methyl sites for hydroxylation is 1. The van der Waals surface area contributed by atoms with Gasteiger partial charge in [-0.2, -0.15) is 5.10 Å². The molecule has 0 fully saturated rings. The van der Waals surface area contributed by atoms with Crippen LogP contribution in [0.3, 0.4) is 0 Å². The second-order valence-electron chi connectivity index (χ2n) is 6.28. The van der Waals surface area contributed by atoms with Crippen LogP contribution in [0.4, 0.5) is 11.4 Å². The third-order valence-corrected chi connectivity index (χ3v) is 4.64. The number of fused-ring (bicyclic) bond motifs is 1. The maximum Gasteiger partial charge on any atom is 0.261 e. The highest BCUT2D eigenvalue weighted by Gasteiger charge is 2.27. The molecule has 3 aromatic rings. The molecule has 0 N–H and O–H groups in total. The van der Waals surface area contributed by atoms with E-state index < -0.39 is 0 Å². The van der Waals surface area contributed by atoms with E-state index in [-0.39, 0.29) is 5.91 Å². The Morgan fingerprint density at radius 3 is 2.40 bits per heavy atom. The number of benzene rings is 2. The van der Waals surface area contributed by atoms with Crippen LogP contribution in [0.2, 0.25) is 0 Å². The second-order valence-corrected chi connectivity index (χ2v) is 6.28. The van der Waals surface area contributed by atoms with Gasteiger partial charge in [-0.3, -0.25) is 4.79 Å². The van der Waals surface area contributed by atoms with Crippen LogP contribution in [-0.2, 0) is 0 Å². The van der Waals surface area contributed by atoms with Crippen molar-refractivity contribution in [1.29, 1.82) is 0 Å². The highest BCUT2D eigenvalue weighted by atomic mass is 16.2. The van der Waals surface area contributed by atoms with Crippen LogP contribution in [0.15, 0.2) is 60.8 Å². The van der Waals surface area contributed by atoms with Crippen molar-refractivity contribution in [2.24, 2.45) is 0 Å². The summed E-state index contributed by atoms with van der Waals surface area (Å²) in [5, 5.41) is 4.53. The first kappa shape index (κ1) is 15.4. The summed E-state index contributed by atoms with van der Waals surface area (Å²) in [5.41, 5.74) is 4.36. The van der Waals surface area contributed by atoms with E-state index in [0.717, 1.165) is 29.3 Å². The minimum Gasteiger partial charge on any atom is -0.371 e. The summed E-state index contributed by atoms with van der Waals surface area (Å²) in [7, 11) is 2.05. The lowest BCUT2D eigenvalue weighted by atomic mass is 10.1. The molecule has 0 unspecified atom stereocenters. The molecule has 25 heavy (non-hydrogen) atoms. The fourth-order valence-electron chi connectivity index (χ4n) is 3.25. The Hall–Kier alpha value is -3.08. The minimum atomic E-state index is 0.000214. The molecule has 1 amide bonds. The third-order valence-electron chi connectivity index (χ3n) is 4.64. The monoisotopic (exact) mass is 332 g/mol. The van der Waals surface area contributed by atoms with Gasteiger partial charge in [-0.1, -0.05) is 30.3 Å². The van der Waals surface area contributed by atoms with Crippen molar-refractivity contribution in [3.8, 4) is 5.69 Å². The molecule has 4 rings (SSSR count). The molecule has 0 saturated heterocycles. The average Bonchev–Trinajstić information content (AvgIpc) is 3.04. The Balaban J connectivity index is 1.71. The number of nitrogens with zero attached hydrogens (tertiary/aromatic N) is 4. The van der Waals surface area contributed by atoms with Crippen molar-refractivity contribution in [2.45, 2.75) is 6.92 Å². The summed E-state index contributed by atoms with van der Waals surface area (Å²) >= 11 is 0. The molecule has 2 heterocycles. The fourth-order valence-corrected chi connectivity index (χ4v) is 3.25. The van der Waals surface area contributed by atoms with Gasteiger partial charge in [-0.15, -0.1) is 0 Å². The zero-order valence-electron chi connectivity index (χ0n) is 14.4. The van der Waals surface area contributed by atoms with Gasteiger partial charge < -0.3 is 9.80 Å². The van der Waals surface area contributed by atoms with Gasteiger partial charge in [0.1, 0.15) is 0 Å². The molecule has 0 spiro atoms. The maximum absolute atomic E-state index is 13.2. The van der Waals surface area contributed by atoms with E-state index >= 15 is 0 Å². The van der Waals surface area contributed by atoms with Crippen molar-refractivity contribution < 1.29 is 4.79 Å². The topological polar surface area (TPSA) is 41.4 Å². The van der Waals surface area contributed by atoms with Gasteiger partial charge in [0.25, 0.3) is 5.91 Å². The van der Waals surface area contributed by atoms with Crippen LogP contribution in [-0.4, -0.2) is 35.8 Å². The molecule has 0 saturated carbocycles. The largest absolute Gasteiger partial charge is 0.371 e. The van der Waals surface area contributed by atoms with Crippen LogP contribution in [0, 0.1) is 6.92 Å². The Morgan fingerprint density at radius 1 is 0.960 bits per heavy atom. The van der Waals surface area contributed by atoms with E-state index in [1.807, 2.05) is 66.6 Å². The van der Waals surface area contributed by atoms with Gasteiger partial charge >= 0.3 is 0 Å². The van der Waals surface area contributed by atoms with E-state index in [4.69, 9.17) is 0 Å². The molecule has 1 aliphatic rings. The van der Waals surface area contributed by atoms with E-state index in [1.54, 1.807) is 4.68 Å². The smallest absolute Gasteiger partial charge is 0.261 e. The molecular formula is C20H20N4O. The molecule has 0 bridgehead atoms. The number of aromatic nitrogens is 2. The number of carbonyl (C=O) groups excluding carboxylic acids is 1. The first-order valence-corrected chi connectivity index (χ1v) is 8.39. The molecule has 0 atom stereocenters. The first-order valence-electron chi connectivity index (χ1n) is 8.39. The van der Waals surface area contributed by atoms with Gasteiger partial charge in [-0.05, 0) is 31.2 Å². The lowest BCUT2D eigenvalue weighted by molar-refractivity contribution is 0.0986. The summed E-state index contributed by atoms with van der Waals surface area (Å²) < 4.78 is 1.77. The standard InChI is InChI=1S/C20H20N4O/c1-15-17(14-24(21-15)16-8-4-3-5-9-16)20(25)23-13-12-22(2)18-10-6-7-11-19(18)23/h3-11,14H,12-13H2,1-2H3. The summed E-state index contributed by atoms with van der Waals surface area (Å²) in [6.45, 7) is 3.37. The number of para-hydroxylation sites is 3.